The van der Waals surface area contributed by atoms with Gasteiger partial charge in [-0.05, 0) is 23.8 Å². The van der Waals surface area contributed by atoms with Crippen LogP contribution in [0.4, 0.5) is 0 Å². The molecule has 0 saturated carbocycles. The van der Waals surface area contributed by atoms with Crippen LogP contribution in [-0.2, 0) is 9.59 Å². The number of methoxy groups -OCH3 is 1. The highest BCUT2D eigenvalue weighted by atomic mass is 16.6. The van der Waals surface area contributed by atoms with E-state index in [2.05, 4.69) is 0 Å². The largest absolute Gasteiger partial charge is 0.493 e. The van der Waals surface area contributed by atoms with E-state index < -0.39 is 11.9 Å². The smallest absolute Gasteiger partial charge is 0.308 e. The van der Waals surface area contributed by atoms with Crippen molar-refractivity contribution in [2.24, 2.45) is 0 Å². The van der Waals surface area contributed by atoms with E-state index in [1.54, 1.807) is 12.1 Å². The first-order chi connectivity index (χ1) is 10.4. The van der Waals surface area contributed by atoms with Gasteiger partial charge in [0.1, 0.15) is 17.7 Å². The Bertz CT molecular complexity index is 707. The number of nitrogens with zero attached hydrogens (tertiary/aromatic N) is 2. The van der Waals surface area contributed by atoms with E-state index in [1.165, 1.54) is 39.2 Å². The summed E-state index contributed by atoms with van der Waals surface area (Å²) in [6, 6.07) is 6.22. The van der Waals surface area contributed by atoms with Gasteiger partial charge >= 0.3 is 11.9 Å². The molecule has 0 fully saturated rings. The summed E-state index contributed by atoms with van der Waals surface area (Å²) in [6.45, 7) is 2.37. The second-order valence-electron chi connectivity index (χ2n) is 4.02. The number of carbonyl (C=O) groups is 2. The van der Waals surface area contributed by atoms with Crippen molar-refractivity contribution in [2.75, 3.05) is 7.11 Å². The number of hydrogen-bond donors (Lipinski definition) is 0. The summed E-state index contributed by atoms with van der Waals surface area (Å²) < 4.78 is 15.1. The van der Waals surface area contributed by atoms with Gasteiger partial charge in [0, 0.05) is 13.8 Å². The second-order valence-corrected chi connectivity index (χ2v) is 4.02. The number of esters is 2. The summed E-state index contributed by atoms with van der Waals surface area (Å²) in [5.41, 5.74) is 0.234. The molecule has 0 aromatic heterocycles. The van der Waals surface area contributed by atoms with Crippen LogP contribution in [0.1, 0.15) is 19.4 Å². The molecule has 0 bridgehead atoms. The Morgan fingerprint density at radius 3 is 2.05 bits per heavy atom. The Hall–Kier alpha value is -3.32. The molecule has 0 amide bonds. The van der Waals surface area contributed by atoms with Crippen LogP contribution in [-0.4, -0.2) is 19.0 Å². The van der Waals surface area contributed by atoms with E-state index in [4.69, 9.17) is 24.7 Å². The maximum Gasteiger partial charge on any atom is 0.308 e. The van der Waals surface area contributed by atoms with Crippen molar-refractivity contribution < 1.29 is 23.8 Å². The zero-order chi connectivity index (χ0) is 16.7. The van der Waals surface area contributed by atoms with Crippen LogP contribution < -0.4 is 14.2 Å². The molecular weight excluding hydrogens is 288 g/mol. The minimum Gasteiger partial charge on any atom is -0.493 e. The standard InChI is InChI=1S/C15H12N2O5/c1-9(18)21-14-6-11(4-12(7-16)8-17)5-13(20-3)15(14)22-10(2)19/h4-6H,1-3H3. The van der Waals surface area contributed by atoms with Crippen LogP contribution >= 0.6 is 0 Å². The Morgan fingerprint density at radius 2 is 1.59 bits per heavy atom. The topological polar surface area (TPSA) is 109 Å². The molecule has 22 heavy (non-hydrogen) atoms. The van der Waals surface area contributed by atoms with Crippen molar-refractivity contribution in [3.8, 4) is 29.4 Å². The highest BCUT2D eigenvalue weighted by Crippen LogP contribution is 2.39. The number of carbonyl (C=O) groups excluding carboxylic acids is 2. The van der Waals surface area contributed by atoms with Crippen molar-refractivity contribution in [1.29, 1.82) is 10.5 Å². The fraction of sp³-hybridized carbons (Fsp3) is 0.200. The summed E-state index contributed by atoms with van der Waals surface area (Å²) in [4.78, 5) is 22.3. The molecule has 0 spiro atoms. The number of nitriles is 2. The second kappa shape index (κ2) is 7.46. The number of rotatable bonds is 4. The fourth-order valence-corrected chi connectivity index (χ4v) is 1.56. The third-order valence-electron chi connectivity index (χ3n) is 2.31. The first-order valence-corrected chi connectivity index (χ1v) is 6.02. The third kappa shape index (κ3) is 4.36. The van der Waals surface area contributed by atoms with E-state index in [0.29, 0.717) is 5.56 Å². The normalized spacial score (nSPS) is 8.95. The van der Waals surface area contributed by atoms with E-state index >= 15 is 0 Å². The number of benzene rings is 1. The zero-order valence-corrected chi connectivity index (χ0v) is 12.2. The van der Waals surface area contributed by atoms with E-state index in [1.807, 2.05) is 0 Å². The van der Waals surface area contributed by atoms with Gasteiger partial charge in [-0.3, -0.25) is 9.59 Å². The first-order valence-electron chi connectivity index (χ1n) is 6.02. The molecule has 0 unspecified atom stereocenters. The van der Waals surface area contributed by atoms with Crippen LogP contribution in [0.3, 0.4) is 0 Å². The number of ether oxygens (including phenoxy) is 3. The summed E-state index contributed by atoms with van der Waals surface area (Å²) >= 11 is 0. The first kappa shape index (κ1) is 16.7. The predicted molar refractivity (Wildman–Crippen MR) is 74.8 cm³/mol. The summed E-state index contributed by atoms with van der Waals surface area (Å²) in [6.07, 6.45) is 1.28. The van der Waals surface area contributed by atoms with Crippen LogP contribution in [0.5, 0.6) is 17.2 Å². The lowest BCUT2D eigenvalue weighted by molar-refractivity contribution is -0.134. The molecule has 1 aromatic rings. The Kier molecular flexibility index (Phi) is 5.67. The number of hydrogen-bond acceptors (Lipinski definition) is 7. The van der Waals surface area contributed by atoms with Crippen LogP contribution in [0.25, 0.3) is 6.08 Å². The predicted octanol–water partition coefficient (Wildman–Crippen LogP) is 1.98. The Balaban J connectivity index is 3.50. The van der Waals surface area contributed by atoms with Gasteiger partial charge in [-0.1, -0.05) is 0 Å². The lowest BCUT2D eigenvalue weighted by Crippen LogP contribution is -2.08. The van der Waals surface area contributed by atoms with Gasteiger partial charge < -0.3 is 14.2 Å². The molecular formula is C15H12N2O5. The molecule has 1 rings (SSSR count). The maximum atomic E-state index is 11.2. The van der Waals surface area contributed by atoms with Gasteiger partial charge in [-0.25, -0.2) is 0 Å². The molecule has 1 aromatic carbocycles. The molecule has 0 aliphatic heterocycles. The van der Waals surface area contributed by atoms with Crippen molar-refractivity contribution in [1.82, 2.24) is 0 Å². The molecule has 7 heteroatoms. The summed E-state index contributed by atoms with van der Waals surface area (Å²) in [7, 11) is 1.34. The molecule has 0 heterocycles. The quantitative estimate of drug-likeness (QED) is 0.475. The van der Waals surface area contributed by atoms with Crippen molar-refractivity contribution >= 4 is 18.0 Å². The average molecular weight is 300 g/mol. The van der Waals surface area contributed by atoms with E-state index in [9.17, 15) is 9.59 Å². The molecule has 0 aliphatic carbocycles. The lowest BCUT2D eigenvalue weighted by atomic mass is 10.1. The number of allylic oxidation sites excluding steroid dienone is 1. The molecule has 0 atom stereocenters. The molecule has 0 radical (unpaired) electrons. The van der Waals surface area contributed by atoms with Crippen LogP contribution in [0.2, 0.25) is 0 Å². The van der Waals surface area contributed by atoms with Crippen LogP contribution in [0.15, 0.2) is 17.7 Å². The third-order valence-corrected chi connectivity index (χ3v) is 2.31. The van der Waals surface area contributed by atoms with Crippen molar-refractivity contribution in [2.45, 2.75) is 13.8 Å². The van der Waals surface area contributed by atoms with E-state index in [-0.39, 0.29) is 22.8 Å². The minimum atomic E-state index is -0.627. The van der Waals surface area contributed by atoms with Gasteiger partial charge in [0.25, 0.3) is 0 Å². The fourth-order valence-electron chi connectivity index (χ4n) is 1.56. The zero-order valence-electron chi connectivity index (χ0n) is 12.2. The summed E-state index contributed by atoms with van der Waals surface area (Å²) in [5.74, 6) is -1.24. The van der Waals surface area contributed by atoms with Gasteiger partial charge in [0.15, 0.2) is 11.5 Å². The molecule has 112 valence electrons. The Morgan fingerprint density at radius 1 is 1.05 bits per heavy atom. The van der Waals surface area contributed by atoms with Gasteiger partial charge in [0.05, 0.1) is 7.11 Å². The maximum absolute atomic E-state index is 11.2. The minimum absolute atomic E-state index is 0.0523. The Labute approximate surface area is 126 Å². The van der Waals surface area contributed by atoms with Gasteiger partial charge in [-0.2, -0.15) is 10.5 Å². The lowest BCUT2D eigenvalue weighted by Gasteiger charge is -2.13. The molecule has 0 aliphatic rings. The molecule has 0 N–H and O–H groups in total. The van der Waals surface area contributed by atoms with Gasteiger partial charge in [0.2, 0.25) is 5.75 Å². The molecule has 0 saturated heterocycles. The van der Waals surface area contributed by atoms with Gasteiger partial charge in [-0.15, -0.1) is 0 Å². The van der Waals surface area contributed by atoms with Crippen LogP contribution in [0, 0.1) is 22.7 Å². The highest BCUT2D eigenvalue weighted by molar-refractivity contribution is 5.77. The van der Waals surface area contributed by atoms with E-state index in [0.717, 1.165) is 0 Å². The van der Waals surface area contributed by atoms with Crippen molar-refractivity contribution in [3.05, 3.63) is 23.3 Å². The summed E-state index contributed by atoms with van der Waals surface area (Å²) in [5, 5.41) is 17.6. The molecule has 7 nitrogen and oxygen atoms in total. The van der Waals surface area contributed by atoms with Crippen molar-refractivity contribution in [3.63, 3.8) is 0 Å². The SMILES string of the molecule is COc1cc(C=C(C#N)C#N)cc(OC(C)=O)c1OC(C)=O. The monoisotopic (exact) mass is 300 g/mol. The highest BCUT2D eigenvalue weighted by Gasteiger charge is 2.18. The average Bonchev–Trinajstić information content (AvgIpc) is 2.45.